The average molecular weight is 533 g/mol. The smallest absolute Gasteiger partial charge is 0.251 e. The Kier molecular flexibility index (Phi) is 6.60. The van der Waals surface area contributed by atoms with Crippen molar-refractivity contribution >= 4 is 51.7 Å². The average Bonchev–Trinajstić information content (AvgIpc) is 3.48. The van der Waals surface area contributed by atoms with Crippen molar-refractivity contribution < 1.29 is 9.59 Å². The van der Waals surface area contributed by atoms with E-state index in [9.17, 15) is 9.59 Å². The van der Waals surface area contributed by atoms with Crippen molar-refractivity contribution in [2.75, 3.05) is 5.73 Å². The summed E-state index contributed by atoms with van der Waals surface area (Å²) in [5.41, 5.74) is 16.0. The number of amides is 2. The summed E-state index contributed by atoms with van der Waals surface area (Å²) in [5.74, 6) is -0.625. The highest BCUT2D eigenvalue weighted by atomic mass is 35.5. The van der Waals surface area contributed by atoms with Gasteiger partial charge < -0.3 is 21.8 Å². The second-order valence-corrected chi connectivity index (χ2v) is 9.35. The maximum Gasteiger partial charge on any atom is 0.251 e. The van der Waals surface area contributed by atoms with Crippen LogP contribution in [0.2, 0.25) is 10.0 Å². The van der Waals surface area contributed by atoms with Crippen LogP contribution < -0.4 is 16.8 Å². The predicted molar refractivity (Wildman–Crippen MR) is 146 cm³/mol. The normalized spacial score (nSPS) is 11.9. The largest absolute Gasteiger partial charge is 0.384 e. The van der Waals surface area contributed by atoms with Crippen molar-refractivity contribution in [3.05, 3.63) is 100 Å². The summed E-state index contributed by atoms with van der Waals surface area (Å²) < 4.78 is 1.56. The maximum absolute atomic E-state index is 12.9. The number of nitrogens with zero attached hydrogens (tertiary/aromatic N) is 2. The second-order valence-electron chi connectivity index (χ2n) is 8.53. The minimum absolute atomic E-state index is 0.268. The summed E-state index contributed by atoms with van der Waals surface area (Å²) in [5, 5.41) is 9.15. The zero-order chi connectivity index (χ0) is 26.1. The fourth-order valence-corrected chi connectivity index (χ4v) is 4.44. The number of fused-ring (bicyclic) bond motifs is 1. The Morgan fingerprint density at radius 1 is 1.00 bits per heavy atom. The number of nitrogens with one attached hydrogen (secondary N) is 2. The summed E-state index contributed by atoms with van der Waals surface area (Å²) >= 11 is 12.1. The second kappa shape index (κ2) is 10.0. The number of primary amides is 1. The van der Waals surface area contributed by atoms with E-state index < -0.39 is 17.9 Å². The fourth-order valence-electron chi connectivity index (χ4n) is 4.14. The predicted octanol–water partition coefficient (Wildman–Crippen LogP) is 4.74. The molecule has 0 unspecified atom stereocenters. The number of aromatic nitrogens is 3. The van der Waals surface area contributed by atoms with E-state index in [2.05, 4.69) is 15.4 Å². The number of hydrogen-bond donors (Lipinski definition) is 4. The Labute approximate surface area is 222 Å². The van der Waals surface area contributed by atoms with Gasteiger partial charge in [0.25, 0.3) is 5.91 Å². The monoisotopic (exact) mass is 532 g/mol. The molecule has 3 aromatic carbocycles. The van der Waals surface area contributed by atoms with Crippen molar-refractivity contribution in [1.82, 2.24) is 20.1 Å². The molecule has 1 atom stereocenters. The van der Waals surface area contributed by atoms with Gasteiger partial charge in [0.05, 0.1) is 21.4 Å². The molecule has 10 heteroatoms. The first-order valence-electron chi connectivity index (χ1n) is 11.4. The third-order valence-electron chi connectivity index (χ3n) is 6.07. The van der Waals surface area contributed by atoms with Crippen molar-refractivity contribution in [3.8, 4) is 16.9 Å². The maximum atomic E-state index is 12.9. The van der Waals surface area contributed by atoms with E-state index in [0.717, 1.165) is 22.0 Å². The molecule has 5 aromatic rings. The zero-order valence-electron chi connectivity index (χ0n) is 19.4. The molecule has 0 saturated carbocycles. The van der Waals surface area contributed by atoms with Crippen LogP contribution in [0.5, 0.6) is 0 Å². The number of anilines is 1. The molecule has 0 spiro atoms. The van der Waals surface area contributed by atoms with Crippen LogP contribution in [0.4, 0.5) is 5.82 Å². The molecule has 0 saturated heterocycles. The van der Waals surface area contributed by atoms with Gasteiger partial charge in [-0.2, -0.15) is 5.10 Å². The lowest BCUT2D eigenvalue weighted by Gasteiger charge is -2.15. The van der Waals surface area contributed by atoms with Crippen molar-refractivity contribution in [1.29, 1.82) is 0 Å². The Balaban J connectivity index is 1.32. The summed E-state index contributed by atoms with van der Waals surface area (Å²) in [6.07, 6.45) is 2.09. The molecule has 2 heterocycles. The topological polar surface area (TPSA) is 132 Å². The highest BCUT2D eigenvalue weighted by Crippen LogP contribution is 2.29. The lowest BCUT2D eigenvalue weighted by atomic mass is 10.0. The van der Waals surface area contributed by atoms with Gasteiger partial charge in [-0.15, -0.1) is 0 Å². The Bertz CT molecular complexity index is 1620. The van der Waals surface area contributed by atoms with Gasteiger partial charge in [-0.3, -0.25) is 9.59 Å². The molecule has 5 rings (SSSR count). The number of aromatic amines is 1. The fraction of sp³-hybridized carbons (Fsp3) is 0.0741. The number of rotatable bonds is 7. The van der Waals surface area contributed by atoms with Gasteiger partial charge >= 0.3 is 0 Å². The molecular weight excluding hydrogens is 511 g/mol. The number of carbonyl (C=O) groups excluding carboxylic acids is 2. The van der Waals surface area contributed by atoms with Crippen LogP contribution in [-0.4, -0.2) is 32.6 Å². The minimum Gasteiger partial charge on any atom is -0.384 e. The van der Waals surface area contributed by atoms with Crippen molar-refractivity contribution in [2.24, 2.45) is 5.73 Å². The summed E-state index contributed by atoms with van der Waals surface area (Å²) in [4.78, 5) is 28.2. The lowest BCUT2D eigenvalue weighted by molar-refractivity contribution is -0.119. The first-order chi connectivity index (χ1) is 17.8. The van der Waals surface area contributed by atoms with Crippen molar-refractivity contribution in [3.63, 3.8) is 0 Å². The third-order valence-corrected chi connectivity index (χ3v) is 6.81. The minimum atomic E-state index is -0.873. The van der Waals surface area contributed by atoms with Gasteiger partial charge in [-0.1, -0.05) is 47.5 Å². The molecule has 2 amide bonds. The van der Waals surface area contributed by atoms with E-state index >= 15 is 0 Å². The summed E-state index contributed by atoms with van der Waals surface area (Å²) in [6.45, 7) is 0. The molecule has 0 fully saturated rings. The van der Waals surface area contributed by atoms with E-state index in [1.54, 1.807) is 53.2 Å². The molecule has 186 valence electrons. The van der Waals surface area contributed by atoms with E-state index in [1.807, 2.05) is 30.5 Å². The van der Waals surface area contributed by atoms with Crippen LogP contribution in [0, 0.1) is 0 Å². The Morgan fingerprint density at radius 3 is 2.49 bits per heavy atom. The molecule has 2 aromatic heterocycles. The summed E-state index contributed by atoms with van der Waals surface area (Å²) in [6, 6.07) is 20.5. The molecule has 0 bridgehead atoms. The van der Waals surface area contributed by atoms with Crippen LogP contribution in [0.25, 0.3) is 27.8 Å². The summed E-state index contributed by atoms with van der Waals surface area (Å²) in [7, 11) is 0. The molecule has 0 aliphatic carbocycles. The van der Waals surface area contributed by atoms with Crippen LogP contribution in [0.1, 0.15) is 15.9 Å². The standard InChI is InChI=1S/C27H22Cl2N6O2/c28-20-10-7-16(11-21(20)29)23-13-25(30)35(34-23)18-8-5-15(6-9-18)27(37)33-24(26(31)36)12-17-14-32-22-4-2-1-3-19(17)22/h1-11,13-14,24,32H,12,30H2,(H2,31,36)(H,33,37)/t24-/m0/s1. The Hall–Kier alpha value is -4.27. The van der Waals surface area contributed by atoms with Crippen LogP contribution in [-0.2, 0) is 11.2 Å². The van der Waals surface area contributed by atoms with Crippen molar-refractivity contribution in [2.45, 2.75) is 12.5 Å². The highest BCUT2D eigenvalue weighted by Gasteiger charge is 2.21. The number of nitrogen functional groups attached to an aromatic ring is 1. The number of hydrogen-bond acceptors (Lipinski definition) is 4. The van der Waals surface area contributed by atoms with Gasteiger partial charge in [0.1, 0.15) is 11.9 Å². The SMILES string of the molecule is NC(=O)[C@H](Cc1c[nH]c2ccccc12)NC(=O)c1ccc(-n2nc(-c3ccc(Cl)c(Cl)c3)cc2N)cc1. The Morgan fingerprint density at radius 2 is 1.76 bits per heavy atom. The van der Waals surface area contributed by atoms with Gasteiger partial charge in [-0.25, -0.2) is 4.68 Å². The number of benzene rings is 3. The van der Waals surface area contributed by atoms with Crippen LogP contribution >= 0.6 is 23.2 Å². The van der Waals surface area contributed by atoms with Gasteiger partial charge in [0.2, 0.25) is 5.91 Å². The first kappa shape index (κ1) is 24.4. The highest BCUT2D eigenvalue weighted by molar-refractivity contribution is 6.42. The van der Waals surface area contributed by atoms with Crippen LogP contribution in [0.3, 0.4) is 0 Å². The van der Waals surface area contributed by atoms with Gasteiger partial charge in [-0.05, 0) is 48.0 Å². The number of para-hydroxylation sites is 1. The molecule has 6 N–H and O–H groups in total. The number of H-pyrrole nitrogens is 1. The first-order valence-corrected chi connectivity index (χ1v) is 12.1. The number of carbonyl (C=O) groups is 2. The van der Waals surface area contributed by atoms with E-state index in [0.29, 0.717) is 32.8 Å². The van der Waals surface area contributed by atoms with Gasteiger partial charge in [0, 0.05) is 40.7 Å². The molecule has 8 nitrogen and oxygen atoms in total. The van der Waals surface area contributed by atoms with E-state index in [1.165, 1.54) is 0 Å². The quantitative estimate of drug-likeness (QED) is 0.241. The molecular formula is C27H22Cl2N6O2. The van der Waals surface area contributed by atoms with E-state index in [-0.39, 0.29) is 6.42 Å². The third kappa shape index (κ3) is 5.02. The van der Waals surface area contributed by atoms with Gasteiger partial charge in [0.15, 0.2) is 0 Å². The number of halogens is 2. The molecule has 0 radical (unpaired) electrons. The van der Waals surface area contributed by atoms with E-state index in [4.69, 9.17) is 34.7 Å². The lowest BCUT2D eigenvalue weighted by Crippen LogP contribution is -2.45. The molecule has 0 aliphatic heterocycles. The number of nitrogens with two attached hydrogens (primary N) is 2. The molecule has 0 aliphatic rings. The zero-order valence-corrected chi connectivity index (χ0v) is 20.9. The van der Waals surface area contributed by atoms with Crippen LogP contribution in [0.15, 0.2) is 79.0 Å². The molecule has 37 heavy (non-hydrogen) atoms.